The van der Waals surface area contributed by atoms with Crippen molar-refractivity contribution in [3.63, 3.8) is 0 Å². The third-order valence-electron chi connectivity index (χ3n) is 4.77. The Hall–Kier alpha value is -3.23. The highest BCUT2D eigenvalue weighted by atomic mass is 35.5. The van der Waals surface area contributed by atoms with Crippen LogP contribution in [0.5, 0.6) is 0 Å². The third kappa shape index (κ3) is 4.45. The van der Waals surface area contributed by atoms with Crippen molar-refractivity contribution in [1.29, 1.82) is 0 Å². The number of nitrogens with one attached hydrogen (secondary N) is 2. The molecule has 2 aromatic heterocycles. The van der Waals surface area contributed by atoms with Gasteiger partial charge in [0.1, 0.15) is 0 Å². The molecule has 0 amide bonds. The summed E-state index contributed by atoms with van der Waals surface area (Å²) in [6.45, 7) is 2.03. The van der Waals surface area contributed by atoms with E-state index in [2.05, 4.69) is 14.7 Å². The number of halogens is 1. The lowest BCUT2D eigenvalue weighted by Gasteiger charge is -2.11. The number of fused-ring (bicyclic) bond motifs is 1. The molecule has 0 unspecified atom stereocenters. The molecule has 0 spiro atoms. The molecule has 0 saturated heterocycles. The van der Waals surface area contributed by atoms with Crippen molar-refractivity contribution in [3.05, 3.63) is 75.8 Å². The Kier molecular flexibility index (Phi) is 5.51. The van der Waals surface area contributed by atoms with E-state index in [1.165, 1.54) is 6.07 Å². The molecule has 0 aliphatic carbocycles. The van der Waals surface area contributed by atoms with Crippen LogP contribution in [-0.4, -0.2) is 29.6 Å². The van der Waals surface area contributed by atoms with Gasteiger partial charge in [-0.25, -0.2) is 13.4 Å². The maximum Gasteiger partial charge on any atom is 0.255 e. The Labute approximate surface area is 184 Å². The molecule has 0 radical (unpaired) electrons. The fourth-order valence-electron chi connectivity index (χ4n) is 3.36. The Morgan fingerprint density at radius 1 is 1.10 bits per heavy atom. The summed E-state index contributed by atoms with van der Waals surface area (Å²) >= 11 is 6.40. The molecule has 9 heteroatoms. The molecule has 0 saturated carbocycles. The van der Waals surface area contributed by atoms with Gasteiger partial charge >= 0.3 is 0 Å². The minimum atomic E-state index is -3.41. The minimum Gasteiger partial charge on any atom is -0.329 e. The van der Waals surface area contributed by atoms with E-state index in [0.717, 1.165) is 18.2 Å². The highest BCUT2D eigenvalue weighted by molar-refractivity contribution is 7.92. The van der Waals surface area contributed by atoms with E-state index in [1.807, 2.05) is 19.1 Å². The molecule has 4 aromatic rings. The zero-order valence-corrected chi connectivity index (χ0v) is 18.4. The molecule has 0 fully saturated rings. The summed E-state index contributed by atoms with van der Waals surface area (Å²) in [5, 5.41) is 0.341. The summed E-state index contributed by atoms with van der Waals surface area (Å²) in [7, 11) is -3.41. The smallest absolute Gasteiger partial charge is 0.255 e. The summed E-state index contributed by atoms with van der Waals surface area (Å²) in [6, 6.07) is 12.3. The molecule has 31 heavy (non-hydrogen) atoms. The van der Waals surface area contributed by atoms with Crippen LogP contribution in [0, 0.1) is 0 Å². The van der Waals surface area contributed by atoms with Gasteiger partial charge in [-0.3, -0.25) is 14.5 Å². The molecule has 0 aliphatic rings. The summed E-state index contributed by atoms with van der Waals surface area (Å²) in [5.74, 6) is 0. The number of hydrogen-bond donors (Lipinski definition) is 2. The second-order valence-electron chi connectivity index (χ2n) is 7.10. The van der Waals surface area contributed by atoms with Crippen molar-refractivity contribution in [2.45, 2.75) is 13.3 Å². The van der Waals surface area contributed by atoms with E-state index in [4.69, 9.17) is 16.6 Å². The predicted molar refractivity (Wildman–Crippen MR) is 124 cm³/mol. The maximum atomic E-state index is 12.4. The van der Waals surface area contributed by atoms with Gasteiger partial charge in [-0.1, -0.05) is 18.5 Å². The first-order valence-corrected chi connectivity index (χ1v) is 11.8. The average molecular weight is 455 g/mol. The lowest BCUT2D eigenvalue weighted by Crippen LogP contribution is -2.09. The highest BCUT2D eigenvalue weighted by Gasteiger charge is 2.14. The van der Waals surface area contributed by atoms with E-state index >= 15 is 0 Å². The lowest BCUT2D eigenvalue weighted by molar-refractivity contribution is 0.607. The van der Waals surface area contributed by atoms with Crippen LogP contribution in [0.1, 0.15) is 12.5 Å². The van der Waals surface area contributed by atoms with Crippen molar-refractivity contribution < 1.29 is 8.42 Å². The van der Waals surface area contributed by atoms with Crippen molar-refractivity contribution >= 4 is 38.3 Å². The van der Waals surface area contributed by atoms with E-state index in [0.29, 0.717) is 44.1 Å². The van der Waals surface area contributed by atoms with Crippen LogP contribution in [0.15, 0.2) is 59.7 Å². The summed E-state index contributed by atoms with van der Waals surface area (Å²) in [6.07, 6.45) is 5.03. The molecule has 2 N–H and O–H groups in total. The summed E-state index contributed by atoms with van der Waals surface area (Å²) in [5.41, 5.74) is 4.86. The van der Waals surface area contributed by atoms with Crippen molar-refractivity contribution in [2.24, 2.45) is 0 Å². The quantitative estimate of drug-likeness (QED) is 0.469. The largest absolute Gasteiger partial charge is 0.329 e. The van der Waals surface area contributed by atoms with E-state index < -0.39 is 10.0 Å². The monoisotopic (exact) mass is 454 g/mol. The molecule has 0 atom stereocenters. The SMILES string of the molecule is CCc1cc(-c2ccc[nH]c2=O)c2ncc(-c3ccc(NS(C)(=O)=O)cc3Cl)nc2c1. The van der Waals surface area contributed by atoms with Crippen LogP contribution in [0.3, 0.4) is 0 Å². The van der Waals surface area contributed by atoms with Gasteiger partial charge < -0.3 is 4.98 Å². The number of hydrogen-bond acceptors (Lipinski definition) is 5. The molecule has 2 heterocycles. The number of aryl methyl sites for hydroxylation is 1. The molecular weight excluding hydrogens is 436 g/mol. The highest BCUT2D eigenvalue weighted by Crippen LogP contribution is 2.32. The first-order chi connectivity index (χ1) is 14.7. The average Bonchev–Trinajstić information content (AvgIpc) is 2.72. The number of aromatic nitrogens is 3. The molecule has 2 aromatic carbocycles. The second kappa shape index (κ2) is 8.13. The van der Waals surface area contributed by atoms with E-state index in [-0.39, 0.29) is 5.56 Å². The van der Waals surface area contributed by atoms with Gasteiger partial charge in [0.2, 0.25) is 10.0 Å². The first-order valence-electron chi connectivity index (χ1n) is 9.50. The van der Waals surface area contributed by atoms with Crippen LogP contribution in [0.2, 0.25) is 5.02 Å². The van der Waals surface area contributed by atoms with Crippen LogP contribution >= 0.6 is 11.6 Å². The van der Waals surface area contributed by atoms with E-state index in [1.54, 1.807) is 36.7 Å². The summed E-state index contributed by atoms with van der Waals surface area (Å²) < 4.78 is 25.3. The van der Waals surface area contributed by atoms with Gasteiger partial charge in [0.15, 0.2) is 0 Å². The topological polar surface area (TPSA) is 105 Å². The molecule has 7 nitrogen and oxygen atoms in total. The van der Waals surface area contributed by atoms with Gasteiger partial charge in [0.25, 0.3) is 5.56 Å². The summed E-state index contributed by atoms with van der Waals surface area (Å²) in [4.78, 5) is 24.4. The zero-order valence-electron chi connectivity index (χ0n) is 16.8. The van der Waals surface area contributed by atoms with Crippen LogP contribution in [0.4, 0.5) is 5.69 Å². The number of benzene rings is 2. The predicted octanol–water partition coefficient (Wildman–Crippen LogP) is 4.24. The van der Waals surface area contributed by atoms with Gasteiger partial charge in [0, 0.05) is 28.6 Å². The van der Waals surface area contributed by atoms with Crippen molar-refractivity contribution in [1.82, 2.24) is 15.0 Å². The van der Waals surface area contributed by atoms with Gasteiger partial charge in [-0.15, -0.1) is 0 Å². The van der Waals surface area contributed by atoms with Crippen LogP contribution in [0.25, 0.3) is 33.4 Å². The zero-order chi connectivity index (χ0) is 22.2. The Balaban J connectivity index is 1.86. The molecular formula is C22H19ClN4O3S. The normalized spacial score (nSPS) is 11.6. The Morgan fingerprint density at radius 3 is 2.58 bits per heavy atom. The van der Waals surface area contributed by atoms with Gasteiger partial charge in [-0.2, -0.15) is 0 Å². The first kappa shape index (κ1) is 21.0. The molecule has 0 bridgehead atoms. The molecule has 4 rings (SSSR count). The van der Waals surface area contributed by atoms with Crippen LogP contribution in [-0.2, 0) is 16.4 Å². The molecule has 158 valence electrons. The van der Waals surface area contributed by atoms with Gasteiger partial charge in [-0.05, 0) is 54.4 Å². The van der Waals surface area contributed by atoms with Crippen LogP contribution < -0.4 is 10.3 Å². The number of anilines is 1. The fourth-order valence-corrected chi connectivity index (χ4v) is 4.19. The second-order valence-corrected chi connectivity index (χ2v) is 9.26. The molecule has 0 aliphatic heterocycles. The fraction of sp³-hybridized carbons (Fsp3) is 0.136. The van der Waals surface area contributed by atoms with Crippen molar-refractivity contribution in [3.8, 4) is 22.4 Å². The van der Waals surface area contributed by atoms with E-state index in [9.17, 15) is 13.2 Å². The minimum absolute atomic E-state index is 0.195. The number of pyridine rings is 1. The number of nitrogens with zero attached hydrogens (tertiary/aromatic N) is 2. The number of H-pyrrole nitrogens is 1. The standard InChI is InChI=1S/C22H19ClN4O3S/c1-3-13-9-17(15-5-4-8-24-22(15)28)21-19(10-13)26-20(12-25-21)16-7-6-14(11-18(16)23)27-31(2,29)30/h4-12,27H,3H2,1-2H3,(H,24,28). The third-order valence-corrected chi connectivity index (χ3v) is 5.69. The number of rotatable bonds is 5. The Bertz CT molecular complexity index is 1470. The lowest BCUT2D eigenvalue weighted by atomic mass is 10.0. The Morgan fingerprint density at radius 2 is 1.90 bits per heavy atom. The number of sulfonamides is 1. The maximum absolute atomic E-state index is 12.4. The van der Waals surface area contributed by atoms with Crippen molar-refractivity contribution in [2.75, 3.05) is 11.0 Å². The van der Waals surface area contributed by atoms with Gasteiger partial charge in [0.05, 0.1) is 34.2 Å². The number of aromatic amines is 1.